The first-order valence-electron chi connectivity index (χ1n) is 6.27. The number of rotatable bonds is 7. The number of methoxy groups -OCH3 is 1. The van der Waals surface area contributed by atoms with Crippen molar-refractivity contribution in [2.24, 2.45) is 5.73 Å². The van der Waals surface area contributed by atoms with Crippen molar-refractivity contribution >= 4 is 5.91 Å². The van der Waals surface area contributed by atoms with Crippen molar-refractivity contribution in [3.8, 4) is 11.8 Å². The summed E-state index contributed by atoms with van der Waals surface area (Å²) in [6.45, 7) is 2.15. The number of carbonyl (C=O) groups is 1. The molecule has 20 heavy (non-hydrogen) atoms. The molecular formula is C14H19N3O3. The minimum Gasteiger partial charge on any atom is -0.382 e. The van der Waals surface area contributed by atoms with Gasteiger partial charge < -0.3 is 20.5 Å². The van der Waals surface area contributed by atoms with Crippen LogP contribution in [0.5, 0.6) is 0 Å². The number of ether oxygens (including phenoxy) is 2. The summed E-state index contributed by atoms with van der Waals surface area (Å²) in [4.78, 5) is 15.9. The van der Waals surface area contributed by atoms with Crippen molar-refractivity contribution in [1.29, 1.82) is 0 Å². The average molecular weight is 277 g/mol. The van der Waals surface area contributed by atoms with E-state index < -0.39 is 0 Å². The van der Waals surface area contributed by atoms with Gasteiger partial charge in [-0.3, -0.25) is 9.78 Å². The Kier molecular flexibility index (Phi) is 7.99. The molecule has 1 heterocycles. The fourth-order valence-corrected chi connectivity index (χ4v) is 1.41. The van der Waals surface area contributed by atoms with Crippen LogP contribution >= 0.6 is 0 Å². The minimum absolute atomic E-state index is 0.205. The molecule has 0 aromatic carbocycles. The van der Waals surface area contributed by atoms with Crippen molar-refractivity contribution in [3.63, 3.8) is 0 Å². The molecule has 0 bridgehead atoms. The van der Waals surface area contributed by atoms with E-state index in [4.69, 9.17) is 15.2 Å². The molecule has 0 saturated carbocycles. The van der Waals surface area contributed by atoms with Crippen LogP contribution in [0.2, 0.25) is 0 Å². The Balaban J connectivity index is 2.47. The predicted octanol–water partition coefficient (Wildman–Crippen LogP) is -0.215. The molecule has 0 spiro atoms. The minimum atomic E-state index is -0.205. The summed E-state index contributed by atoms with van der Waals surface area (Å²) in [5.74, 6) is 5.33. The van der Waals surface area contributed by atoms with E-state index in [1.165, 1.54) is 0 Å². The maximum atomic E-state index is 12.0. The number of nitrogens with one attached hydrogen (secondary N) is 1. The molecule has 0 aliphatic carbocycles. The van der Waals surface area contributed by atoms with Crippen LogP contribution < -0.4 is 11.1 Å². The molecule has 0 atom stereocenters. The number of amides is 1. The third-order valence-electron chi connectivity index (χ3n) is 2.35. The number of nitrogens with two attached hydrogens (primary N) is 1. The van der Waals surface area contributed by atoms with Crippen LogP contribution in [0.15, 0.2) is 18.5 Å². The van der Waals surface area contributed by atoms with Crippen molar-refractivity contribution in [2.75, 3.05) is 40.0 Å². The van der Waals surface area contributed by atoms with Gasteiger partial charge in [-0.15, -0.1) is 0 Å². The molecule has 6 heteroatoms. The van der Waals surface area contributed by atoms with Gasteiger partial charge in [-0.05, 0) is 6.07 Å². The van der Waals surface area contributed by atoms with Crippen LogP contribution in [0.4, 0.5) is 0 Å². The summed E-state index contributed by atoms with van der Waals surface area (Å²) >= 11 is 0. The fraction of sp³-hybridized carbons (Fsp3) is 0.429. The highest BCUT2D eigenvalue weighted by molar-refractivity contribution is 5.96. The molecular weight excluding hydrogens is 258 g/mol. The molecule has 1 aromatic rings. The highest BCUT2D eigenvalue weighted by atomic mass is 16.5. The molecule has 3 N–H and O–H groups in total. The monoisotopic (exact) mass is 277 g/mol. The van der Waals surface area contributed by atoms with Gasteiger partial charge in [0.15, 0.2) is 0 Å². The van der Waals surface area contributed by atoms with Crippen LogP contribution in [0.3, 0.4) is 0 Å². The van der Waals surface area contributed by atoms with Crippen molar-refractivity contribution in [1.82, 2.24) is 10.3 Å². The Labute approximate surface area is 118 Å². The fourth-order valence-electron chi connectivity index (χ4n) is 1.41. The maximum absolute atomic E-state index is 12.0. The third kappa shape index (κ3) is 5.80. The van der Waals surface area contributed by atoms with Gasteiger partial charge in [0.2, 0.25) is 0 Å². The molecule has 0 fully saturated rings. The smallest absolute Gasteiger partial charge is 0.252 e. The Morgan fingerprint density at radius 3 is 3.05 bits per heavy atom. The Hall–Kier alpha value is -1.94. The predicted molar refractivity (Wildman–Crippen MR) is 75.2 cm³/mol. The van der Waals surface area contributed by atoms with Crippen molar-refractivity contribution < 1.29 is 14.3 Å². The zero-order chi connectivity index (χ0) is 14.6. The second-order valence-corrected chi connectivity index (χ2v) is 3.79. The number of nitrogens with zero attached hydrogens (tertiary/aromatic N) is 1. The van der Waals surface area contributed by atoms with Gasteiger partial charge >= 0.3 is 0 Å². The lowest BCUT2D eigenvalue weighted by Gasteiger charge is -2.07. The van der Waals surface area contributed by atoms with Crippen LogP contribution in [0, 0.1) is 11.8 Å². The van der Waals surface area contributed by atoms with Crippen LogP contribution in [0.25, 0.3) is 0 Å². The van der Waals surface area contributed by atoms with Crippen LogP contribution in [-0.2, 0) is 9.47 Å². The summed E-state index contributed by atoms with van der Waals surface area (Å²) < 4.78 is 10.1. The van der Waals surface area contributed by atoms with E-state index in [0.717, 1.165) is 0 Å². The van der Waals surface area contributed by atoms with Gasteiger partial charge in [0.05, 0.1) is 37.5 Å². The summed E-state index contributed by atoms with van der Waals surface area (Å²) in [6, 6.07) is 1.63. The second-order valence-electron chi connectivity index (χ2n) is 3.79. The summed E-state index contributed by atoms with van der Waals surface area (Å²) in [5, 5.41) is 2.76. The number of hydrogen-bond donors (Lipinski definition) is 2. The molecule has 0 aliphatic heterocycles. The lowest BCUT2D eigenvalue weighted by molar-refractivity contribution is 0.0692. The van der Waals surface area contributed by atoms with Crippen molar-refractivity contribution in [2.45, 2.75) is 0 Å². The van der Waals surface area contributed by atoms with Crippen LogP contribution in [-0.4, -0.2) is 50.9 Å². The van der Waals surface area contributed by atoms with Gasteiger partial charge in [-0.25, -0.2) is 0 Å². The zero-order valence-corrected chi connectivity index (χ0v) is 11.5. The van der Waals surface area contributed by atoms with Gasteiger partial charge in [-0.2, -0.15) is 0 Å². The van der Waals surface area contributed by atoms with Crippen LogP contribution in [0.1, 0.15) is 15.9 Å². The highest BCUT2D eigenvalue weighted by Gasteiger charge is 2.09. The first-order valence-corrected chi connectivity index (χ1v) is 6.27. The molecule has 1 rings (SSSR count). The first kappa shape index (κ1) is 16.1. The summed E-state index contributed by atoms with van der Waals surface area (Å²) in [5.41, 5.74) is 6.37. The van der Waals surface area contributed by atoms with E-state index in [0.29, 0.717) is 37.5 Å². The van der Waals surface area contributed by atoms with E-state index >= 15 is 0 Å². The summed E-state index contributed by atoms with van der Waals surface area (Å²) in [6.07, 6.45) is 3.10. The topological polar surface area (TPSA) is 86.5 Å². The Morgan fingerprint density at radius 2 is 2.30 bits per heavy atom. The number of aromatic nitrogens is 1. The quantitative estimate of drug-likeness (QED) is 0.532. The van der Waals surface area contributed by atoms with Gasteiger partial charge in [-0.1, -0.05) is 11.8 Å². The van der Waals surface area contributed by atoms with Gasteiger partial charge in [0.1, 0.15) is 0 Å². The molecule has 0 radical (unpaired) electrons. The lowest BCUT2D eigenvalue weighted by Crippen LogP contribution is -2.28. The Bertz CT molecular complexity index is 480. The lowest BCUT2D eigenvalue weighted by atomic mass is 10.1. The second kappa shape index (κ2) is 9.92. The largest absolute Gasteiger partial charge is 0.382 e. The van der Waals surface area contributed by atoms with Gasteiger partial charge in [0.25, 0.3) is 5.91 Å². The highest BCUT2D eigenvalue weighted by Crippen LogP contribution is 2.04. The normalized spacial score (nSPS) is 9.70. The van der Waals surface area contributed by atoms with Gasteiger partial charge in [0, 0.05) is 26.0 Å². The number of carbonyl (C=O) groups excluding carboxylic acids is 1. The molecule has 6 nitrogen and oxygen atoms in total. The summed E-state index contributed by atoms with van der Waals surface area (Å²) in [7, 11) is 1.61. The van der Waals surface area contributed by atoms with E-state index in [1.807, 2.05) is 0 Å². The third-order valence-corrected chi connectivity index (χ3v) is 2.35. The molecule has 1 aromatic heterocycles. The standard InChI is InChI=1S/C14H19N3O3/c1-19-9-10-20-8-7-17-14(18)13-4-6-16-11-12(13)3-2-5-15/h4,6,11H,5,7-10,15H2,1H3,(H,17,18). The van der Waals surface area contributed by atoms with E-state index in [2.05, 4.69) is 22.1 Å². The number of pyridine rings is 1. The average Bonchev–Trinajstić information content (AvgIpc) is 2.48. The zero-order valence-electron chi connectivity index (χ0n) is 11.5. The Morgan fingerprint density at radius 1 is 1.45 bits per heavy atom. The van der Waals surface area contributed by atoms with Crippen molar-refractivity contribution in [3.05, 3.63) is 29.6 Å². The van der Waals surface area contributed by atoms with E-state index in [9.17, 15) is 4.79 Å². The maximum Gasteiger partial charge on any atom is 0.252 e. The SMILES string of the molecule is COCCOCCNC(=O)c1ccncc1C#CCN. The number of hydrogen-bond acceptors (Lipinski definition) is 5. The molecule has 0 unspecified atom stereocenters. The molecule has 1 amide bonds. The molecule has 0 saturated heterocycles. The first-order chi connectivity index (χ1) is 9.79. The van der Waals surface area contributed by atoms with E-state index in [-0.39, 0.29) is 12.5 Å². The van der Waals surface area contributed by atoms with E-state index in [1.54, 1.807) is 25.6 Å². The molecule has 108 valence electrons. The molecule has 0 aliphatic rings.